The Kier molecular flexibility index (Phi) is 4.30. The van der Waals surface area contributed by atoms with Gasteiger partial charge in [-0.15, -0.1) is 0 Å². The van der Waals surface area contributed by atoms with Crippen molar-refractivity contribution in [3.8, 4) is 0 Å². The molecular weight excluding hydrogens is 236 g/mol. The maximum Gasteiger partial charge on any atom is 0.130 e. The zero-order valence-corrected chi connectivity index (χ0v) is 10.6. The molecule has 2 atom stereocenters. The molecule has 1 aromatic rings. The Balaban J connectivity index is 2.11. The van der Waals surface area contributed by atoms with E-state index in [-0.39, 0.29) is 12.6 Å². The van der Waals surface area contributed by atoms with Crippen molar-refractivity contribution in [2.75, 3.05) is 13.2 Å². The van der Waals surface area contributed by atoms with Crippen LogP contribution in [-0.4, -0.2) is 29.2 Å². The van der Waals surface area contributed by atoms with Crippen LogP contribution in [0.5, 0.6) is 0 Å². The Bertz CT molecular complexity index is 411. The predicted molar refractivity (Wildman–Crippen MR) is 66.0 cm³/mol. The molecule has 1 heterocycles. The summed E-state index contributed by atoms with van der Waals surface area (Å²) in [5, 5.41) is 9.43. The second kappa shape index (κ2) is 5.76. The molecule has 1 saturated heterocycles. The molecule has 0 spiro atoms. The number of piperidine rings is 1. The van der Waals surface area contributed by atoms with Crippen LogP contribution in [0.3, 0.4) is 0 Å². The first-order valence-corrected chi connectivity index (χ1v) is 6.40. The maximum atomic E-state index is 13.6. The van der Waals surface area contributed by atoms with E-state index in [1.807, 2.05) is 0 Å². The minimum absolute atomic E-state index is 0.0724. The zero-order chi connectivity index (χ0) is 13.1. The van der Waals surface area contributed by atoms with E-state index < -0.39 is 11.6 Å². The van der Waals surface area contributed by atoms with Crippen LogP contribution in [0.1, 0.15) is 25.3 Å². The summed E-state index contributed by atoms with van der Waals surface area (Å²) in [5.74, 6) is -0.654. The SMILES string of the molecule is CC1CCCN(Cc2ccc(F)cc2F)C1CO. The van der Waals surface area contributed by atoms with Crippen LogP contribution in [-0.2, 0) is 6.54 Å². The van der Waals surface area contributed by atoms with Crippen LogP contribution in [0.4, 0.5) is 8.78 Å². The number of nitrogens with zero attached hydrogens (tertiary/aromatic N) is 1. The van der Waals surface area contributed by atoms with Gasteiger partial charge in [-0.05, 0) is 31.4 Å². The number of hydrogen-bond donors (Lipinski definition) is 1. The Morgan fingerprint density at radius 3 is 2.83 bits per heavy atom. The zero-order valence-electron chi connectivity index (χ0n) is 10.6. The summed E-state index contributed by atoms with van der Waals surface area (Å²) in [6, 6.07) is 3.75. The molecule has 0 bridgehead atoms. The van der Waals surface area contributed by atoms with Gasteiger partial charge in [0.05, 0.1) is 6.61 Å². The van der Waals surface area contributed by atoms with E-state index in [1.165, 1.54) is 12.1 Å². The molecule has 2 rings (SSSR count). The van der Waals surface area contributed by atoms with Gasteiger partial charge in [0.15, 0.2) is 0 Å². The fraction of sp³-hybridized carbons (Fsp3) is 0.571. The molecule has 0 aromatic heterocycles. The van der Waals surface area contributed by atoms with Gasteiger partial charge in [0, 0.05) is 24.2 Å². The van der Waals surface area contributed by atoms with Crippen LogP contribution < -0.4 is 0 Å². The minimum atomic E-state index is -0.554. The third kappa shape index (κ3) is 2.87. The van der Waals surface area contributed by atoms with E-state index in [0.29, 0.717) is 18.0 Å². The van der Waals surface area contributed by atoms with Crippen molar-refractivity contribution in [2.24, 2.45) is 5.92 Å². The lowest BCUT2D eigenvalue weighted by molar-refractivity contribution is 0.0465. The molecular formula is C14H19F2NO. The van der Waals surface area contributed by atoms with Gasteiger partial charge in [0.2, 0.25) is 0 Å². The lowest BCUT2D eigenvalue weighted by atomic mass is 9.91. The van der Waals surface area contributed by atoms with Crippen molar-refractivity contribution >= 4 is 0 Å². The first-order valence-electron chi connectivity index (χ1n) is 6.40. The van der Waals surface area contributed by atoms with E-state index in [1.54, 1.807) is 0 Å². The van der Waals surface area contributed by atoms with Crippen LogP contribution in [0.2, 0.25) is 0 Å². The number of aliphatic hydroxyl groups is 1. The number of rotatable bonds is 3. The molecule has 0 aliphatic carbocycles. The standard InChI is InChI=1S/C14H19F2NO/c1-10-3-2-6-17(14(10)9-18)8-11-4-5-12(15)7-13(11)16/h4-5,7,10,14,18H,2-3,6,8-9H2,1H3. The third-order valence-corrected chi connectivity index (χ3v) is 3.81. The first-order chi connectivity index (χ1) is 8.61. The van der Waals surface area contributed by atoms with E-state index in [2.05, 4.69) is 11.8 Å². The molecule has 0 radical (unpaired) electrons. The van der Waals surface area contributed by atoms with Gasteiger partial charge in [-0.1, -0.05) is 13.0 Å². The molecule has 0 saturated carbocycles. The molecule has 2 unspecified atom stereocenters. The summed E-state index contributed by atoms with van der Waals surface area (Å²) in [6.45, 7) is 3.48. The number of aliphatic hydroxyl groups excluding tert-OH is 1. The Morgan fingerprint density at radius 1 is 1.39 bits per heavy atom. The number of benzene rings is 1. The van der Waals surface area contributed by atoms with Gasteiger partial charge in [-0.25, -0.2) is 8.78 Å². The first kappa shape index (κ1) is 13.4. The quantitative estimate of drug-likeness (QED) is 0.897. The monoisotopic (exact) mass is 255 g/mol. The smallest absolute Gasteiger partial charge is 0.130 e. The van der Waals surface area contributed by atoms with Crippen molar-refractivity contribution in [1.82, 2.24) is 4.90 Å². The highest BCUT2D eigenvalue weighted by Gasteiger charge is 2.28. The minimum Gasteiger partial charge on any atom is -0.395 e. The molecule has 1 aliphatic rings. The van der Waals surface area contributed by atoms with Crippen LogP contribution in [0, 0.1) is 17.6 Å². The number of likely N-dealkylation sites (tertiary alicyclic amines) is 1. The van der Waals surface area contributed by atoms with Crippen molar-refractivity contribution in [2.45, 2.75) is 32.4 Å². The Morgan fingerprint density at radius 2 is 2.17 bits per heavy atom. The Labute approximate surface area is 106 Å². The summed E-state index contributed by atoms with van der Waals surface area (Å²) >= 11 is 0. The molecule has 1 aliphatic heterocycles. The highest BCUT2D eigenvalue weighted by molar-refractivity contribution is 5.18. The molecule has 4 heteroatoms. The summed E-state index contributed by atoms with van der Waals surface area (Å²) in [6.07, 6.45) is 2.15. The lowest BCUT2D eigenvalue weighted by Gasteiger charge is -2.39. The van der Waals surface area contributed by atoms with Crippen LogP contribution in [0.15, 0.2) is 18.2 Å². The molecule has 18 heavy (non-hydrogen) atoms. The number of halogens is 2. The van der Waals surface area contributed by atoms with E-state index in [4.69, 9.17) is 0 Å². The highest BCUT2D eigenvalue weighted by atomic mass is 19.1. The summed E-state index contributed by atoms with van der Waals surface area (Å²) in [7, 11) is 0. The number of hydrogen-bond acceptors (Lipinski definition) is 2. The average molecular weight is 255 g/mol. The normalized spacial score (nSPS) is 25.3. The Hall–Kier alpha value is -1.00. The molecule has 1 N–H and O–H groups in total. The van der Waals surface area contributed by atoms with E-state index >= 15 is 0 Å². The lowest BCUT2D eigenvalue weighted by Crippen LogP contribution is -2.46. The fourth-order valence-corrected chi connectivity index (χ4v) is 2.69. The van der Waals surface area contributed by atoms with Crippen molar-refractivity contribution in [3.05, 3.63) is 35.4 Å². The van der Waals surface area contributed by atoms with Gasteiger partial charge < -0.3 is 5.11 Å². The summed E-state index contributed by atoms with van der Waals surface area (Å²) in [4.78, 5) is 2.09. The van der Waals surface area contributed by atoms with Gasteiger partial charge in [0.25, 0.3) is 0 Å². The fourth-order valence-electron chi connectivity index (χ4n) is 2.69. The van der Waals surface area contributed by atoms with Crippen LogP contribution >= 0.6 is 0 Å². The molecule has 100 valence electrons. The molecule has 1 fully saturated rings. The second-order valence-corrected chi connectivity index (χ2v) is 5.08. The molecule has 0 amide bonds. The van der Waals surface area contributed by atoms with E-state index in [9.17, 15) is 13.9 Å². The largest absolute Gasteiger partial charge is 0.395 e. The third-order valence-electron chi connectivity index (χ3n) is 3.81. The molecule has 1 aromatic carbocycles. The van der Waals surface area contributed by atoms with Gasteiger partial charge >= 0.3 is 0 Å². The van der Waals surface area contributed by atoms with Gasteiger partial charge in [-0.3, -0.25) is 4.90 Å². The van der Waals surface area contributed by atoms with E-state index in [0.717, 1.165) is 25.5 Å². The van der Waals surface area contributed by atoms with Crippen molar-refractivity contribution < 1.29 is 13.9 Å². The summed E-state index contributed by atoms with van der Waals surface area (Å²) < 4.78 is 26.4. The topological polar surface area (TPSA) is 23.5 Å². The van der Waals surface area contributed by atoms with Gasteiger partial charge in [0.1, 0.15) is 11.6 Å². The molecule has 2 nitrogen and oxygen atoms in total. The predicted octanol–water partition coefficient (Wildman–Crippen LogP) is 2.56. The van der Waals surface area contributed by atoms with Gasteiger partial charge in [-0.2, -0.15) is 0 Å². The van der Waals surface area contributed by atoms with Crippen molar-refractivity contribution in [1.29, 1.82) is 0 Å². The average Bonchev–Trinajstić information content (AvgIpc) is 2.33. The summed E-state index contributed by atoms with van der Waals surface area (Å²) in [5.41, 5.74) is 0.490. The van der Waals surface area contributed by atoms with Crippen molar-refractivity contribution in [3.63, 3.8) is 0 Å². The van der Waals surface area contributed by atoms with Crippen LogP contribution in [0.25, 0.3) is 0 Å². The highest BCUT2D eigenvalue weighted by Crippen LogP contribution is 2.25. The second-order valence-electron chi connectivity index (χ2n) is 5.08. The maximum absolute atomic E-state index is 13.6.